The third-order valence-corrected chi connectivity index (χ3v) is 7.13. The Kier molecular flexibility index (Phi) is 7.51. The standard InChI is InChI=1S/C20H22ClFN6O2S2/c21-17-6-5-14(32-17)11-26-7-9-27(10-8-26)19(29)13-31-20-25-24-18(28(20)23)12-30-16-4-2-1-3-15(16)22/h1-6H,7-13,23H2. The molecule has 1 aliphatic heterocycles. The Morgan fingerprint density at radius 3 is 2.69 bits per heavy atom. The van der Waals surface area contributed by atoms with E-state index in [4.69, 9.17) is 22.2 Å². The van der Waals surface area contributed by atoms with Crippen LogP contribution in [0.2, 0.25) is 4.34 Å². The molecule has 0 aliphatic carbocycles. The Labute approximate surface area is 198 Å². The summed E-state index contributed by atoms with van der Waals surface area (Å²) in [5.74, 6) is 6.25. The minimum Gasteiger partial charge on any atom is -0.482 e. The zero-order valence-corrected chi connectivity index (χ0v) is 19.5. The number of thioether (sulfide) groups is 1. The molecule has 0 unspecified atom stereocenters. The lowest BCUT2D eigenvalue weighted by Crippen LogP contribution is -2.48. The van der Waals surface area contributed by atoms with E-state index in [9.17, 15) is 9.18 Å². The molecule has 3 heterocycles. The Balaban J connectivity index is 1.22. The van der Waals surface area contributed by atoms with Crippen LogP contribution in [-0.2, 0) is 17.9 Å². The molecule has 1 amide bonds. The predicted molar refractivity (Wildman–Crippen MR) is 123 cm³/mol. The number of amides is 1. The number of nitrogens with two attached hydrogens (primary N) is 1. The first-order valence-corrected chi connectivity index (χ1v) is 12.1. The van der Waals surface area contributed by atoms with Gasteiger partial charge in [-0.2, -0.15) is 0 Å². The second-order valence-corrected chi connectivity index (χ2v) is 9.88. The van der Waals surface area contributed by atoms with E-state index >= 15 is 0 Å². The number of para-hydroxylation sites is 1. The number of hydrogen-bond acceptors (Lipinski definition) is 8. The highest BCUT2D eigenvalue weighted by molar-refractivity contribution is 7.99. The quantitative estimate of drug-likeness (QED) is 0.379. The number of carbonyl (C=O) groups is 1. The van der Waals surface area contributed by atoms with Crippen LogP contribution in [0.25, 0.3) is 0 Å². The van der Waals surface area contributed by atoms with E-state index in [1.54, 1.807) is 23.5 Å². The third-order valence-electron chi connectivity index (χ3n) is 4.99. The first-order valence-electron chi connectivity index (χ1n) is 9.93. The average Bonchev–Trinajstić information content (AvgIpc) is 3.36. The van der Waals surface area contributed by atoms with Crippen LogP contribution in [0.5, 0.6) is 5.75 Å². The van der Waals surface area contributed by atoms with E-state index in [0.717, 1.165) is 24.0 Å². The average molecular weight is 497 g/mol. The monoisotopic (exact) mass is 496 g/mol. The second kappa shape index (κ2) is 10.5. The maximum atomic E-state index is 13.7. The van der Waals surface area contributed by atoms with Gasteiger partial charge in [-0.3, -0.25) is 9.69 Å². The van der Waals surface area contributed by atoms with Crippen LogP contribution < -0.4 is 10.6 Å². The van der Waals surface area contributed by atoms with Crippen LogP contribution in [0.3, 0.4) is 0 Å². The van der Waals surface area contributed by atoms with Crippen molar-refractivity contribution in [3.8, 4) is 5.75 Å². The summed E-state index contributed by atoms with van der Waals surface area (Å²) in [7, 11) is 0. The molecule has 1 fully saturated rings. The van der Waals surface area contributed by atoms with Gasteiger partial charge >= 0.3 is 0 Å². The van der Waals surface area contributed by atoms with Gasteiger partial charge < -0.3 is 15.5 Å². The van der Waals surface area contributed by atoms with Crippen molar-refractivity contribution in [2.24, 2.45) is 0 Å². The number of nitrogens with zero attached hydrogens (tertiary/aromatic N) is 5. The number of halogens is 2. The highest BCUT2D eigenvalue weighted by atomic mass is 35.5. The maximum absolute atomic E-state index is 13.7. The highest BCUT2D eigenvalue weighted by Crippen LogP contribution is 2.23. The fourth-order valence-corrected chi connectivity index (χ4v) is 5.15. The number of thiophene rings is 1. The van der Waals surface area contributed by atoms with Crippen LogP contribution in [0.4, 0.5) is 4.39 Å². The molecule has 1 aliphatic rings. The minimum atomic E-state index is -0.463. The molecule has 170 valence electrons. The summed E-state index contributed by atoms with van der Waals surface area (Å²) in [6.45, 7) is 3.80. The molecule has 3 aromatic rings. The van der Waals surface area contributed by atoms with Gasteiger partial charge in [-0.05, 0) is 24.3 Å². The molecule has 4 rings (SSSR count). The zero-order chi connectivity index (χ0) is 22.5. The SMILES string of the molecule is Nn1c(COc2ccccc2F)nnc1SCC(=O)N1CCN(Cc2ccc(Cl)s2)CC1. The molecular formula is C20H22ClFN6O2S2. The van der Waals surface area contributed by atoms with Gasteiger partial charge in [-0.1, -0.05) is 35.5 Å². The van der Waals surface area contributed by atoms with E-state index < -0.39 is 5.82 Å². The van der Waals surface area contributed by atoms with Gasteiger partial charge in [0.15, 0.2) is 17.4 Å². The predicted octanol–water partition coefficient (Wildman–Crippen LogP) is 2.86. The Bertz CT molecular complexity index is 1070. The topological polar surface area (TPSA) is 89.5 Å². The van der Waals surface area contributed by atoms with Crippen molar-refractivity contribution in [2.75, 3.05) is 37.8 Å². The summed E-state index contributed by atoms with van der Waals surface area (Å²) in [5.41, 5.74) is 0. The smallest absolute Gasteiger partial charge is 0.233 e. The first-order chi connectivity index (χ1) is 15.5. The van der Waals surface area contributed by atoms with Gasteiger partial charge in [-0.25, -0.2) is 9.07 Å². The largest absolute Gasteiger partial charge is 0.482 e. The maximum Gasteiger partial charge on any atom is 0.233 e. The van der Waals surface area contributed by atoms with Gasteiger partial charge in [0.2, 0.25) is 11.1 Å². The van der Waals surface area contributed by atoms with Gasteiger partial charge in [0, 0.05) is 37.6 Å². The van der Waals surface area contributed by atoms with E-state index in [-0.39, 0.29) is 24.0 Å². The summed E-state index contributed by atoms with van der Waals surface area (Å²) < 4.78 is 21.1. The molecule has 1 aromatic carbocycles. The number of benzene rings is 1. The summed E-state index contributed by atoms with van der Waals surface area (Å²) in [4.78, 5) is 18.0. The molecule has 2 N–H and O–H groups in total. The fraction of sp³-hybridized carbons (Fsp3) is 0.350. The summed E-state index contributed by atoms with van der Waals surface area (Å²) >= 11 is 8.80. The number of rotatable bonds is 8. The molecule has 1 saturated heterocycles. The number of ether oxygens (including phenoxy) is 1. The second-order valence-electron chi connectivity index (χ2n) is 7.14. The van der Waals surface area contributed by atoms with Crippen molar-refractivity contribution in [1.29, 1.82) is 0 Å². The number of piperazine rings is 1. The van der Waals surface area contributed by atoms with Gasteiger partial charge in [0.25, 0.3) is 0 Å². The van der Waals surface area contributed by atoms with Crippen molar-refractivity contribution < 1.29 is 13.9 Å². The Morgan fingerprint density at radius 1 is 1.19 bits per heavy atom. The van der Waals surface area contributed by atoms with Crippen LogP contribution in [-0.4, -0.2) is 62.5 Å². The number of nitrogen functional groups attached to an aromatic ring is 1. The number of carbonyl (C=O) groups excluding carboxylic acids is 1. The molecule has 32 heavy (non-hydrogen) atoms. The lowest BCUT2D eigenvalue weighted by atomic mass is 10.3. The van der Waals surface area contributed by atoms with Crippen molar-refractivity contribution in [3.05, 3.63) is 57.3 Å². The first kappa shape index (κ1) is 22.8. The number of aromatic nitrogens is 3. The molecule has 2 aromatic heterocycles. The Hall–Kier alpha value is -2.34. The molecule has 0 saturated carbocycles. The Morgan fingerprint density at radius 2 is 1.97 bits per heavy atom. The van der Waals surface area contributed by atoms with Crippen molar-refractivity contribution >= 4 is 40.6 Å². The summed E-state index contributed by atoms with van der Waals surface area (Å²) in [5, 5.41) is 8.40. The molecule has 0 bridgehead atoms. The normalized spacial score (nSPS) is 14.6. The van der Waals surface area contributed by atoms with Gasteiger partial charge in [0.05, 0.1) is 10.1 Å². The molecule has 0 atom stereocenters. The summed E-state index contributed by atoms with van der Waals surface area (Å²) in [6, 6.07) is 10.0. The van der Waals surface area contributed by atoms with Crippen LogP contribution in [0.15, 0.2) is 41.6 Å². The van der Waals surface area contributed by atoms with E-state index in [1.807, 2.05) is 17.0 Å². The van der Waals surface area contributed by atoms with Gasteiger partial charge in [-0.15, -0.1) is 21.5 Å². The fourth-order valence-electron chi connectivity index (χ4n) is 3.24. The van der Waals surface area contributed by atoms with E-state index in [0.29, 0.717) is 24.1 Å². The summed E-state index contributed by atoms with van der Waals surface area (Å²) in [6.07, 6.45) is 0. The van der Waals surface area contributed by atoms with Crippen molar-refractivity contribution in [3.63, 3.8) is 0 Å². The molecule has 0 spiro atoms. The minimum absolute atomic E-state index is 0.0287. The van der Waals surface area contributed by atoms with E-state index in [2.05, 4.69) is 15.1 Å². The number of hydrogen-bond donors (Lipinski definition) is 1. The highest BCUT2D eigenvalue weighted by Gasteiger charge is 2.22. The molecule has 0 radical (unpaired) electrons. The van der Waals surface area contributed by atoms with Crippen LogP contribution in [0, 0.1) is 5.82 Å². The lowest BCUT2D eigenvalue weighted by molar-refractivity contribution is -0.130. The van der Waals surface area contributed by atoms with Crippen molar-refractivity contribution in [2.45, 2.75) is 18.3 Å². The third kappa shape index (κ3) is 5.71. The van der Waals surface area contributed by atoms with Gasteiger partial charge in [0.1, 0.15) is 6.61 Å². The van der Waals surface area contributed by atoms with Crippen LogP contribution >= 0.6 is 34.7 Å². The molecular weight excluding hydrogens is 475 g/mol. The molecule has 8 nitrogen and oxygen atoms in total. The van der Waals surface area contributed by atoms with Crippen molar-refractivity contribution in [1.82, 2.24) is 24.7 Å². The zero-order valence-electron chi connectivity index (χ0n) is 17.1. The molecule has 12 heteroatoms. The van der Waals surface area contributed by atoms with E-state index in [1.165, 1.54) is 33.4 Å². The lowest BCUT2D eigenvalue weighted by Gasteiger charge is -2.34. The van der Waals surface area contributed by atoms with Crippen LogP contribution in [0.1, 0.15) is 10.7 Å².